The molecule has 1 atom stereocenters. The van der Waals surface area contributed by atoms with Crippen LogP contribution in [0.1, 0.15) is 20.8 Å². The Morgan fingerprint density at radius 3 is 2.53 bits per heavy atom. The van der Waals surface area contributed by atoms with Crippen LogP contribution in [0.5, 0.6) is 0 Å². The smallest absolute Gasteiger partial charge is 0.319 e. The van der Waals surface area contributed by atoms with Crippen molar-refractivity contribution in [2.45, 2.75) is 30.8 Å². The normalized spacial score (nSPS) is 13.0. The first-order valence-corrected chi connectivity index (χ1v) is 5.49. The van der Waals surface area contributed by atoms with Gasteiger partial charge in [-0.05, 0) is 20.8 Å². The van der Waals surface area contributed by atoms with Crippen molar-refractivity contribution >= 4 is 23.6 Å². The molecular formula is C10H17NO3S. The standard InChI is InChI=1S/C10H17NO3S/c1-5-6-11-8(12)7(2)15-10(3,4)9(13)14/h5,7H,1,6H2,2-4H3,(H,11,12)(H,13,14). The van der Waals surface area contributed by atoms with Gasteiger partial charge >= 0.3 is 5.97 Å². The molecular weight excluding hydrogens is 214 g/mol. The fraction of sp³-hybridized carbons (Fsp3) is 0.600. The lowest BCUT2D eigenvalue weighted by Gasteiger charge is -2.22. The maximum absolute atomic E-state index is 11.4. The Labute approximate surface area is 94.1 Å². The van der Waals surface area contributed by atoms with Crippen LogP contribution in [-0.2, 0) is 9.59 Å². The van der Waals surface area contributed by atoms with E-state index in [1.54, 1.807) is 26.8 Å². The first-order chi connectivity index (χ1) is 6.81. The number of carboxylic acids is 1. The first kappa shape index (κ1) is 14.0. The molecule has 0 saturated heterocycles. The molecule has 0 aromatic rings. The fourth-order valence-electron chi connectivity index (χ4n) is 0.862. The van der Waals surface area contributed by atoms with Gasteiger partial charge in [0, 0.05) is 6.54 Å². The first-order valence-electron chi connectivity index (χ1n) is 4.61. The van der Waals surface area contributed by atoms with Crippen LogP contribution in [0.25, 0.3) is 0 Å². The summed E-state index contributed by atoms with van der Waals surface area (Å²) in [5.41, 5.74) is 0. The Bertz CT molecular complexity index is 263. The molecule has 0 aliphatic carbocycles. The molecule has 1 unspecified atom stereocenters. The van der Waals surface area contributed by atoms with Gasteiger partial charge < -0.3 is 10.4 Å². The van der Waals surface area contributed by atoms with Crippen molar-refractivity contribution in [3.05, 3.63) is 12.7 Å². The fourth-order valence-corrected chi connectivity index (χ4v) is 2.04. The Balaban J connectivity index is 4.23. The molecule has 15 heavy (non-hydrogen) atoms. The lowest BCUT2D eigenvalue weighted by Crippen LogP contribution is -2.36. The van der Waals surface area contributed by atoms with Gasteiger partial charge in [-0.15, -0.1) is 18.3 Å². The van der Waals surface area contributed by atoms with Gasteiger partial charge in [0.25, 0.3) is 0 Å². The summed E-state index contributed by atoms with van der Waals surface area (Å²) in [6, 6.07) is 0. The number of carbonyl (C=O) groups excluding carboxylic acids is 1. The second-order valence-electron chi connectivity index (χ2n) is 3.61. The van der Waals surface area contributed by atoms with Crippen LogP contribution >= 0.6 is 11.8 Å². The predicted octanol–water partition coefficient (Wildman–Crippen LogP) is 1.27. The highest BCUT2D eigenvalue weighted by molar-refractivity contribution is 8.02. The summed E-state index contributed by atoms with van der Waals surface area (Å²) in [5.74, 6) is -1.09. The highest BCUT2D eigenvalue weighted by Crippen LogP contribution is 2.28. The van der Waals surface area contributed by atoms with E-state index in [9.17, 15) is 9.59 Å². The Kier molecular flexibility index (Phi) is 5.43. The van der Waals surface area contributed by atoms with E-state index in [1.807, 2.05) is 0 Å². The van der Waals surface area contributed by atoms with E-state index < -0.39 is 16.0 Å². The average Bonchev–Trinajstić information content (AvgIpc) is 2.13. The van der Waals surface area contributed by atoms with E-state index in [0.717, 1.165) is 11.8 Å². The van der Waals surface area contributed by atoms with Gasteiger partial charge in [-0.25, -0.2) is 0 Å². The second kappa shape index (κ2) is 5.80. The molecule has 0 aromatic heterocycles. The largest absolute Gasteiger partial charge is 0.480 e. The summed E-state index contributed by atoms with van der Waals surface area (Å²) in [6.07, 6.45) is 1.58. The Morgan fingerprint density at radius 2 is 2.13 bits per heavy atom. The van der Waals surface area contributed by atoms with Gasteiger partial charge in [0.1, 0.15) is 4.75 Å². The minimum atomic E-state index is -0.953. The molecule has 0 aromatic carbocycles. The van der Waals surface area contributed by atoms with E-state index in [1.165, 1.54) is 0 Å². The number of thioether (sulfide) groups is 1. The number of hydrogen-bond acceptors (Lipinski definition) is 3. The van der Waals surface area contributed by atoms with Crippen molar-refractivity contribution in [2.75, 3.05) is 6.54 Å². The van der Waals surface area contributed by atoms with Crippen LogP contribution in [0.2, 0.25) is 0 Å². The summed E-state index contributed by atoms with van der Waals surface area (Å²) >= 11 is 1.12. The van der Waals surface area contributed by atoms with Crippen molar-refractivity contribution in [3.63, 3.8) is 0 Å². The maximum Gasteiger partial charge on any atom is 0.319 e. The lowest BCUT2D eigenvalue weighted by molar-refractivity contribution is -0.138. The monoisotopic (exact) mass is 231 g/mol. The highest BCUT2D eigenvalue weighted by atomic mass is 32.2. The number of amides is 1. The van der Waals surface area contributed by atoms with E-state index in [4.69, 9.17) is 5.11 Å². The van der Waals surface area contributed by atoms with Gasteiger partial charge in [-0.1, -0.05) is 6.08 Å². The number of aliphatic carboxylic acids is 1. The predicted molar refractivity (Wildman–Crippen MR) is 62.0 cm³/mol. The number of carbonyl (C=O) groups is 2. The summed E-state index contributed by atoms with van der Waals surface area (Å²) in [6.45, 7) is 8.73. The van der Waals surface area contributed by atoms with Crippen LogP contribution in [0.3, 0.4) is 0 Å². The van der Waals surface area contributed by atoms with E-state index >= 15 is 0 Å². The topological polar surface area (TPSA) is 66.4 Å². The third-order valence-electron chi connectivity index (χ3n) is 1.78. The Morgan fingerprint density at radius 1 is 1.60 bits per heavy atom. The number of carboxylic acid groups (broad SMARTS) is 1. The zero-order chi connectivity index (χ0) is 12.1. The zero-order valence-corrected chi connectivity index (χ0v) is 10.1. The SMILES string of the molecule is C=CCNC(=O)C(C)SC(C)(C)C(=O)O. The van der Waals surface area contributed by atoms with Gasteiger partial charge in [-0.2, -0.15) is 0 Å². The molecule has 1 amide bonds. The number of nitrogens with one attached hydrogen (secondary N) is 1. The minimum Gasteiger partial charge on any atom is -0.480 e. The molecule has 0 bridgehead atoms. The van der Waals surface area contributed by atoms with E-state index in [-0.39, 0.29) is 5.91 Å². The number of rotatable bonds is 6. The molecule has 2 N–H and O–H groups in total. The van der Waals surface area contributed by atoms with Crippen LogP contribution in [-0.4, -0.2) is 33.5 Å². The molecule has 0 saturated carbocycles. The highest BCUT2D eigenvalue weighted by Gasteiger charge is 2.32. The lowest BCUT2D eigenvalue weighted by atomic mass is 10.2. The van der Waals surface area contributed by atoms with Gasteiger partial charge in [0.2, 0.25) is 5.91 Å². The van der Waals surface area contributed by atoms with E-state index in [0.29, 0.717) is 6.54 Å². The molecule has 5 heteroatoms. The molecule has 0 heterocycles. The van der Waals surface area contributed by atoms with Crippen LogP contribution in [0.15, 0.2) is 12.7 Å². The molecule has 0 rings (SSSR count). The Hall–Kier alpha value is -0.970. The van der Waals surface area contributed by atoms with Crippen molar-refractivity contribution in [2.24, 2.45) is 0 Å². The van der Waals surface area contributed by atoms with Gasteiger partial charge in [-0.3, -0.25) is 9.59 Å². The van der Waals surface area contributed by atoms with Gasteiger partial charge in [0.15, 0.2) is 0 Å². The third kappa shape index (κ3) is 4.88. The average molecular weight is 231 g/mol. The third-order valence-corrected chi connectivity index (χ3v) is 3.11. The van der Waals surface area contributed by atoms with Crippen LogP contribution in [0, 0.1) is 0 Å². The summed E-state index contributed by atoms with van der Waals surface area (Å²) < 4.78 is -0.953. The second-order valence-corrected chi connectivity index (χ2v) is 5.57. The summed E-state index contributed by atoms with van der Waals surface area (Å²) in [4.78, 5) is 22.3. The number of hydrogen-bond donors (Lipinski definition) is 2. The van der Waals surface area contributed by atoms with Crippen molar-refractivity contribution in [3.8, 4) is 0 Å². The molecule has 0 radical (unpaired) electrons. The zero-order valence-electron chi connectivity index (χ0n) is 9.24. The molecule has 0 fully saturated rings. The molecule has 0 aliphatic rings. The summed E-state index contributed by atoms with van der Waals surface area (Å²) in [5, 5.41) is 11.1. The van der Waals surface area contributed by atoms with Crippen molar-refractivity contribution in [1.29, 1.82) is 0 Å². The van der Waals surface area contributed by atoms with Crippen molar-refractivity contribution in [1.82, 2.24) is 5.32 Å². The quantitative estimate of drug-likeness (QED) is 0.676. The van der Waals surface area contributed by atoms with Crippen molar-refractivity contribution < 1.29 is 14.7 Å². The van der Waals surface area contributed by atoms with Crippen LogP contribution in [0.4, 0.5) is 0 Å². The molecule has 86 valence electrons. The molecule has 4 nitrogen and oxygen atoms in total. The summed E-state index contributed by atoms with van der Waals surface area (Å²) in [7, 11) is 0. The van der Waals surface area contributed by atoms with Gasteiger partial charge in [0.05, 0.1) is 5.25 Å². The molecule has 0 spiro atoms. The van der Waals surface area contributed by atoms with E-state index in [2.05, 4.69) is 11.9 Å². The minimum absolute atomic E-state index is 0.172. The molecule has 0 aliphatic heterocycles. The maximum atomic E-state index is 11.4. The van der Waals surface area contributed by atoms with Crippen LogP contribution < -0.4 is 5.32 Å².